The summed E-state index contributed by atoms with van der Waals surface area (Å²) in [4.78, 5) is 18.4. The van der Waals surface area contributed by atoms with Gasteiger partial charge in [0.15, 0.2) is 6.10 Å². The van der Waals surface area contributed by atoms with E-state index >= 15 is 0 Å². The molecule has 3 aromatic heterocycles. The fraction of sp³-hybridized carbons (Fsp3) is 0.400. The van der Waals surface area contributed by atoms with Gasteiger partial charge in [0.2, 0.25) is 0 Å². The van der Waals surface area contributed by atoms with Gasteiger partial charge in [-0.2, -0.15) is 18.3 Å². The summed E-state index contributed by atoms with van der Waals surface area (Å²) in [5.41, 5.74) is 2.05. The predicted octanol–water partition coefficient (Wildman–Crippen LogP) is 3.46. The van der Waals surface area contributed by atoms with Crippen LogP contribution in [0.4, 0.5) is 18.9 Å². The second-order valence-electron chi connectivity index (χ2n) is 7.49. The van der Waals surface area contributed by atoms with Crippen LogP contribution in [-0.2, 0) is 11.3 Å². The zero-order valence-electron chi connectivity index (χ0n) is 17.1. The van der Waals surface area contributed by atoms with Crippen molar-refractivity contribution in [3.05, 3.63) is 57.4 Å². The Hall–Kier alpha value is -2.92. The van der Waals surface area contributed by atoms with Gasteiger partial charge in [-0.25, -0.2) is 9.67 Å². The first kappa shape index (κ1) is 22.3. The maximum atomic E-state index is 12.6. The molecule has 0 saturated carbocycles. The van der Waals surface area contributed by atoms with Crippen LogP contribution >= 0.6 is 11.6 Å². The molecule has 1 aliphatic heterocycles. The minimum absolute atomic E-state index is 0.126. The Morgan fingerprint density at radius 1 is 1.31 bits per heavy atom. The molecule has 0 aliphatic carbocycles. The molecule has 1 atom stereocenters. The van der Waals surface area contributed by atoms with Gasteiger partial charge in [-0.15, -0.1) is 0 Å². The molecule has 0 spiro atoms. The van der Waals surface area contributed by atoms with E-state index in [9.17, 15) is 18.0 Å². The number of hydrogen-bond donors (Lipinski definition) is 0. The minimum Gasteiger partial charge on any atom is -0.365 e. The van der Waals surface area contributed by atoms with Crippen LogP contribution in [0.1, 0.15) is 18.2 Å². The van der Waals surface area contributed by atoms with Crippen LogP contribution in [0.5, 0.6) is 0 Å². The quantitative estimate of drug-likeness (QED) is 0.511. The zero-order valence-corrected chi connectivity index (χ0v) is 17.9. The molecule has 0 radical (unpaired) electrons. The highest BCUT2D eigenvalue weighted by Crippen LogP contribution is 2.28. The van der Waals surface area contributed by atoms with Crippen molar-refractivity contribution >= 4 is 17.3 Å². The molecule has 0 aromatic carbocycles. The van der Waals surface area contributed by atoms with Gasteiger partial charge >= 0.3 is 6.18 Å². The summed E-state index contributed by atoms with van der Waals surface area (Å²) < 4.78 is 49.4. The first-order valence-electron chi connectivity index (χ1n) is 9.73. The first-order valence-corrected chi connectivity index (χ1v) is 10.1. The lowest BCUT2D eigenvalue weighted by molar-refractivity contribution is -0.228. The molecular weight excluding hydrogens is 451 g/mol. The van der Waals surface area contributed by atoms with E-state index in [1.807, 2.05) is 0 Å². The Morgan fingerprint density at radius 3 is 2.69 bits per heavy atom. The summed E-state index contributed by atoms with van der Waals surface area (Å²) in [7, 11) is 0. The number of ether oxygens (including phenoxy) is 1. The number of hydrogen-bond acceptors (Lipinski definition) is 7. The van der Waals surface area contributed by atoms with Gasteiger partial charge in [-0.1, -0.05) is 16.8 Å². The van der Waals surface area contributed by atoms with Crippen molar-refractivity contribution in [1.29, 1.82) is 0 Å². The largest absolute Gasteiger partial charge is 0.414 e. The SMILES string of the molecule is Cc1onc(-c2ccc(Cl)nc2)c1Cn1ncc(N2CC(OC(C)C(F)(F)F)C2)cc1=O. The first-order chi connectivity index (χ1) is 15.1. The Labute approximate surface area is 185 Å². The highest BCUT2D eigenvalue weighted by atomic mass is 35.5. The smallest absolute Gasteiger partial charge is 0.365 e. The number of rotatable bonds is 6. The van der Waals surface area contributed by atoms with Gasteiger partial charge in [0.05, 0.1) is 24.5 Å². The summed E-state index contributed by atoms with van der Waals surface area (Å²) in [5.74, 6) is 0.536. The molecule has 32 heavy (non-hydrogen) atoms. The van der Waals surface area contributed by atoms with E-state index in [0.717, 1.165) is 6.92 Å². The number of anilines is 1. The van der Waals surface area contributed by atoms with Gasteiger partial charge < -0.3 is 14.2 Å². The molecule has 0 amide bonds. The molecule has 8 nitrogen and oxygen atoms in total. The average Bonchev–Trinajstić information content (AvgIpc) is 3.06. The molecule has 12 heteroatoms. The van der Waals surface area contributed by atoms with Crippen LogP contribution in [0.3, 0.4) is 0 Å². The van der Waals surface area contributed by atoms with Crippen molar-refractivity contribution in [2.75, 3.05) is 18.0 Å². The highest BCUT2D eigenvalue weighted by molar-refractivity contribution is 6.29. The van der Waals surface area contributed by atoms with Crippen LogP contribution in [0, 0.1) is 6.92 Å². The van der Waals surface area contributed by atoms with Crippen molar-refractivity contribution in [3.8, 4) is 11.3 Å². The van der Waals surface area contributed by atoms with Crippen LogP contribution in [-0.4, -0.2) is 51.4 Å². The van der Waals surface area contributed by atoms with E-state index < -0.39 is 18.4 Å². The van der Waals surface area contributed by atoms with Crippen molar-refractivity contribution in [3.63, 3.8) is 0 Å². The maximum absolute atomic E-state index is 12.6. The number of pyridine rings is 1. The standard InChI is InChI=1S/C20H19ClF3N5O3/c1-11-16(19(27-32-11)13-3-4-17(21)25-6-13)10-29-18(30)5-14(7-26-29)28-8-15(9-28)31-12(2)20(22,23)24/h3-7,12,15H,8-10H2,1-2H3. The van der Waals surface area contributed by atoms with Crippen LogP contribution in [0.2, 0.25) is 5.15 Å². The van der Waals surface area contributed by atoms with Crippen LogP contribution < -0.4 is 10.5 Å². The van der Waals surface area contributed by atoms with Crippen molar-refractivity contribution < 1.29 is 22.4 Å². The lowest BCUT2D eigenvalue weighted by Crippen LogP contribution is -2.55. The fourth-order valence-electron chi connectivity index (χ4n) is 3.29. The van der Waals surface area contributed by atoms with Gasteiger partial charge in [-0.05, 0) is 26.0 Å². The predicted molar refractivity (Wildman–Crippen MR) is 110 cm³/mol. The summed E-state index contributed by atoms with van der Waals surface area (Å²) in [6.07, 6.45) is -3.73. The average molecular weight is 470 g/mol. The third kappa shape index (κ3) is 4.63. The number of halogens is 4. The molecule has 4 rings (SSSR count). The Bertz CT molecular complexity index is 1160. The van der Waals surface area contributed by atoms with E-state index in [4.69, 9.17) is 20.9 Å². The van der Waals surface area contributed by atoms with Gasteiger partial charge in [0, 0.05) is 36.5 Å². The summed E-state index contributed by atoms with van der Waals surface area (Å²) in [5, 5.41) is 8.61. The molecule has 0 N–H and O–H groups in total. The maximum Gasteiger partial charge on any atom is 0.414 e. The topological polar surface area (TPSA) is 86.3 Å². The van der Waals surface area contributed by atoms with E-state index in [1.165, 1.54) is 16.9 Å². The monoisotopic (exact) mass is 469 g/mol. The molecular formula is C20H19ClF3N5O3. The van der Waals surface area contributed by atoms with E-state index in [-0.39, 0.29) is 25.2 Å². The summed E-state index contributed by atoms with van der Waals surface area (Å²) in [6, 6.07) is 4.77. The molecule has 1 fully saturated rings. The Kier molecular flexibility index (Phi) is 5.95. The minimum atomic E-state index is -4.40. The van der Waals surface area contributed by atoms with Gasteiger partial charge in [0.25, 0.3) is 5.56 Å². The third-order valence-electron chi connectivity index (χ3n) is 5.22. The zero-order chi connectivity index (χ0) is 23.0. The highest BCUT2D eigenvalue weighted by Gasteiger charge is 2.41. The second-order valence-corrected chi connectivity index (χ2v) is 7.88. The van der Waals surface area contributed by atoms with Gasteiger partial charge in [0.1, 0.15) is 16.6 Å². The molecule has 1 unspecified atom stereocenters. The van der Waals surface area contributed by atoms with Crippen LogP contribution in [0.25, 0.3) is 11.3 Å². The van der Waals surface area contributed by atoms with Crippen molar-refractivity contribution in [1.82, 2.24) is 19.9 Å². The number of aromatic nitrogens is 4. The van der Waals surface area contributed by atoms with Gasteiger partial charge in [-0.3, -0.25) is 4.79 Å². The van der Waals surface area contributed by atoms with Crippen molar-refractivity contribution in [2.45, 2.75) is 38.8 Å². The molecule has 0 bridgehead atoms. The number of alkyl halides is 3. The summed E-state index contributed by atoms with van der Waals surface area (Å²) in [6.45, 7) is 3.35. The van der Waals surface area contributed by atoms with Crippen molar-refractivity contribution in [2.24, 2.45) is 0 Å². The molecule has 3 aromatic rings. The lowest BCUT2D eigenvalue weighted by Gasteiger charge is -2.41. The normalized spacial score (nSPS) is 15.6. The Morgan fingerprint density at radius 2 is 2.06 bits per heavy atom. The fourth-order valence-corrected chi connectivity index (χ4v) is 3.40. The molecule has 170 valence electrons. The second kappa shape index (κ2) is 8.55. The number of aryl methyl sites for hydroxylation is 1. The Balaban J connectivity index is 1.45. The lowest BCUT2D eigenvalue weighted by atomic mass is 10.1. The van der Waals surface area contributed by atoms with E-state index in [2.05, 4.69) is 15.2 Å². The summed E-state index contributed by atoms with van der Waals surface area (Å²) >= 11 is 5.83. The molecule has 1 saturated heterocycles. The van der Waals surface area contributed by atoms with E-state index in [1.54, 1.807) is 30.2 Å². The molecule has 4 heterocycles. The van der Waals surface area contributed by atoms with E-state index in [0.29, 0.717) is 33.4 Å². The third-order valence-corrected chi connectivity index (χ3v) is 5.44. The van der Waals surface area contributed by atoms with Crippen LogP contribution in [0.15, 0.2) is 39.9 Å². The molecule has 1 aliphatic rings. The number of nitrogens with zero attached hydrogens (tertiary/aromatic N) is 5.